The van der Waals surface area contributed by atoms with Crippen LogP contribution in [0.1, 0.15) is 38.0 Å². The van der Waals surface area contributed by atoms with E-state index in [0.29, 0.717) is 46.5 Å². The van der Waals surface area contributed by atoms with Crippen LogP contribution in [0.4, 0.5) is 0 Å². The minimum Gasteiger partial charge on any atom is -0.497 e. The molecule has 0 saturated carbocycles. The molecule has 2 heterocycles. The van der Waals surface area contributed by atoms with Crippen molar-refractivity contribution in [2.24, 2.45) is 5.41 Å². The lowest BCUT2D eigenvalue weighted by atomic mass is 9.74. The van der Waals surface area contributed by atoms with Gasteiger partial charge in [-0.2, -0.15) is 0 Å². The first-order chi connectivity index (χ1) is 14.8. The number of rotatable bonds is 2. The molecule has 0 bridgehead atoms. The van der Waals surface area contributed by atoms with Gasteiger partial charge in [0.1, 0.15) is 28.6 Å². The van der Waals surface area contributed by atoms with E-state index in [4.69, 9.17) is 13.9 Å². The van der Waals surface area contributed by atoms with Crippen molar-refractivity contribution in [1.82, 2.24) is 0 Å². The number of ketones is 1. The van der Waals surface area contributed by atoms with Crippen LogP contribution in [0.15, 0.2) is 56.9 Å². The van der Waals surface area contributed by atoms with E-state index in [2.05, 4.69) is 13.8 Å². The molecule has 1 aliphatic carbocycles. The minimum absolute atomic E-state index is 0.0948. The molecule has 1 aliphatic heterocycles. The molecule has 2 aromatic carbocycles. The van der Waals surface area contributed by atoms with Gasteiger partial charge in [-0.05, 0) is 42.2 Å². The maximum absolute atomic E-state index is 13.4. The van der Waals surface area contributed by atoms with Crippen molar-refractivity contribution in [2.45, 2.75) is 40.0 Å². The Bertz CT molecular complexity index is 1320. The zero-order valence-electron chi connectivity index (χ0n) is 18.1. The Morgan fingerprint density at radius 3 is 2.45 bits per heavy atom. The number of methoxy groups -OCH3 is 1. The minimum atomic E-state index is -0.110. The average Bonchev–Trinajstić information content (AvgIpc) is 2.72. The monoisotopic (exact) mass is 416 g/mol. The van der Waals surface area contributed by atoms with Crippen LogP contribution in [0.5, 0.6) is 11.5 Å². The molecule has 0 radical (unpaired) electrons. The number of carbonyl (C=O) groups excluding carboxylic acids is 1. The smallest absolute Gasteiger partial charge is 0.200 e. The zero-order chi connectivity index (χ0) is 21.9. The van der Waals surface area contributed by atoms with Crippen LogP contribution in [-0.2, 0) is 11.2 Å². The Morgan fingerprint density at radius 1 is 1.00 bits per heavy atom. The lowest BCUT2D eigenvalue weighted by Crippen LogP contribution is -2.30. The summed E-state index contributed by atoms with van der Waals surface area (Å²) in [5.74, 6) is 2.79. The Morgan fingerprint density at radius 2 is 1.74 bits per heavy atom. The number of allylic oxidation sites excluding steroid dienone is 2. The number of fused-ring (bicyclic) bond motifs is 3. The van der Waals surface area contributed by atoms with Gasteiger partial charge in [-0.25, -0.2) is 0 Å². The van der Waals surface area contributed by atoms with E-state index in [-0.39, 0.29) is 16.6 Å². The summed E-state index contributed by atoms with van der Waals surface area (Å²) in [7, 11) is 1.61. The summed E-state index contributed by atoms with van der Waals surface area (Å²) >= 11 is 0. The molecule has 1 aromatic heterocycles. The van der Waals surface area contributed by atoms with Crippen LogP contribution in [0.3, 0.4) is 0 Å². The number of aryl methyl sites for hydroxylation is 1. The maximum atomic E-state index is 13.4. The van der Waals surface area contributed by atoms with E-state index < -0.39 is 0 Å². The Balaban J connectivity index is 1.65. The molecule has 0 N–H and O–H groups in total. The number of hydrogen-bond acceptors (Lipinski definition) is 5. The van der Waals surface area contributed by atoms with Crippen LogP contribution < -0.4 is 14.9 Å². The molecule has 158 valence electrons. The van der Waals surface area contributed by atoms with E-state index in [1.807, 2.05) is 30.3 Å². The molecular formula is C26H24O5. The Kier molecular flexibility index (Phi) is 4.33. The summed E-state index contributed by atoms with van der Waals surface area (Å²) in [4.78, 5) is 26.2. The third-order valence-corrected chi connectivity index (χ3v) is 6.21. The number of carbonyl (C=O) groups is 1. The predicted molar refractivity (Wildman–Crippen MR) is 119 cm³/mol. The predicted octanol–water partition coefficient (Wildman–Crippen LogP) is 5.36. The van der Waals surface area contributed by atoms with Gasteiger partial charge in [-0.1, -0.05) is 26.0 Å². The van der Waals surface area contributed by atoms with Gasteiger partial charge in [-0.3, -0.25) is 9.59 Å². The first-order valence-corrected chi connectivity index (χ1v) is 10.4. The quantitative estimate of drug-likeness (QED) is 0.563. The van der Waals surface area contributed by atoms with Crippen LogP contribution in [0.25, 0.3) is 22.1 Å². The summed E-state index contributed by atoms with van der Waals surface area (Å²) in [5, 5.41) is 0.492. The highest BCUT2D eigenvalue weighted by Gasteiger charge is 2.37. The molecule has 0 saturated heterocycles. The molecule has 0 amide bonds. The molecule has 31 heavy (non-hydrogen) atoms. The van der Waals surface area contributed by atoms with Crippen LogP contribution in [0.2, 0.25) is 0 Å². The van der Waals surface area contributed by atoms with E-state index in [1.54, 1.807) is 20.1 Å². The fourth-order valence-electron chi connectivity index (χ4n) is 4.66. The molecular weight excluding hydrogens is 392 g/mol. The average molecular weight is 416 g/mol. The standard InChI is InChI=1S/C26H24O5/c1-14-23(15-5-7-16(29-4)8-6-15)24(28)17-9-10-21-19(25(17)30-14)11-18-20(27)12-26(2,3)13-22(18)31-21/h5-10H,11-13H2,1-4H3. The molecule has 0 fully saturated rings. The summed E-state index contributed by atoms with van der Waals surface area (Å²) < 4.78 is 17.6. The second-order valence-electron chi connectivity index (χ2n) is 9.13. The molecule has 0 unspecified atom stereocenters. The van der Waals surface area contributed by atoms with E-state index in [1.165, 1.54) is 0 Å². The van der Waals surface area contributed by atoms with E-state index in [0.717, 1.165) is 29.1 Å². The summed E-state index contributed by atoms with van der Waals surface area (Å²) in [6.07, 6.45) is 1.66. The van der Waals surface area contributed by atoms with Crippen molar-refractivity contribution in [3.05, 3.63) is 69.3 Å². The van der Waals surface area contributed by atoms with Crippen molar-refractivity contribution >= 4 is 16.8 Å². The third-order valence-electron chi connectivity index (χ3n) is 6.21. The number of ether oxygens (including phenoxy) is 2. The zero-order valence-corrected chi connectivity index (χ0v) is 18.1. The normalized spacial score (nSPS) is 17.2. The van der Waals surface area contributed by atoms with Crippen molar-refractivity contribution in [3.8, 4) is 22.6 Å². The molecule has 5 rings (SSSR count). The van der Waals surface area contributed by atoms with E-state index in [9.17, 15) is 9.59 Å². The van der Waals surface area contributed by atoms with Gasteiger partial charge < -0.3 is 13.9 Å². The Hall–Kier alpha value is -3.34. The van der Waals surface area contributed by atoms with Crippen LogP contribution in [-0.4, -0.2) is 12.9 Å². The lowest BCUT2D eigenvalue weighted by molar-refractivity contribution is -0.118. The summed E-state index contributed by atoms with van der Waals surface area (Å²) in [6, 6.07) is 10.9. The van der Waals surface area contributed by atoms with E-state index >= 15 is 0 Å². The van der Waals surface area contributed by atoms with Gasteiger partial charge >= 0.3 is 0 Å². The fraction of sp³-hybridized carbons (Fsp3) is 0.308. The lowest BCUT2D eigenvalue weighted by Gasteiger charge is -2.34. The van der Waals surface area contributed by atoms with Crippen LogP contribution in [0, 0.1) is 12.3 Å². The molecule has 3 aromatic rings. The molecule has 2 aliphatic rings. The fourth-order valence-corrected chi connectivity index (χ4v) is 4.66. The van der Waals surface area contributed by atoms with Crippen molar-refractivity contribution in [3.63, 3.8) is 0 Å². The number of benzene rings is 2. The number of hydrogen-bond donors (Lipinski definition) is 0. The van der Waals surface area contributed by atoms with Gasteiger partial charge in [0.25, 0.3) is 0 Å². The highest BCUT2D eigenvalue weighted by molar-refractivity contribution is 5.99. The molecule has 5 nitrogen and oxygen atoms in total. The number of Topliss-reactive ketones (excluding diaryl/α,β-unsaturated/α-hetero) is 1. The first kappa shape index (κ1) is 19.6. The summed E-state index contributed by atoms with van der Waals surface area (Å²) in [6.45, 7) is 5.95. The van der Waals surface area contributed by atoms with Gasteiger partial charge in [-0.15, -0.1) is 0 Å². The SMILES string of the molecule is COc1ccc(-c2c(C)oc3c4c(ccc3c2=O)OC2=C(C4)C(=O)CC(C)(C)C2)cc1. The van der Waals surface area contributed by atoms with Crippen molar-refractivity contribution in [1.29, 1.82) is 0 Å². The highest BCUT2D eigenvalue weighted by Crippen LogP contribution is 2.44. The van der Waals surface area contributed by atoms with Gasteiger partial charge in [0, 0.05) is 30.4 Å². The van der Waals surface area contributed by atoms with Gasteiger partial charge in [0.15, 0.2) is 5.78 Å². The van der Waals surface area contributed by atoms with Crippen LogP contribution >= 0.6 is 0 Å². The van der Waals surface area contributed by atoms with Crippen molar-refractivity contribution in [2.75, 3.05) is 7.11 Å². The molecule has 0 atom stereocenters. The van der Waals surface area contributed by atoms with Crippen molar-refractivity contribution < 1.29 is 18.7 Å². The largest absolute Gasteiger partial charge is 0.497 e. The molecule has 5 heteroatoms. The third kappa shape index (κ3) is 3.16. The second-order valence-corrected chi connectivity index (χ2v) is 9.13. The van der Waals surface area contributed by atoms with Gasteiger partial charge in [0.05, 0.1) is 18.1 Å². The first-order valence-electron chi connectivity index (χ1n) is 10.4. The molecule has 0 spiro atoms. The topological polar surface area (TPSA) is 65.7 Å². The maximum Gasteiger partial charge on any atom is 0.200 e. The highest BCUT2D eigenvalue weighted by atomic mass is 16.5. The van der Waals surface area contributed by atoms with Gasteiger partial charge in [0.2, 0.25) is 5.43 Å². The summed E-state index contributed by atoms with van der Waals surface area (Å²) in [5.41, 5.74) is 3.08. The second kappa shape index (κ2) is 6.84. The Labute approximate surface area is 180 Å².